The second kappa shape index (κ2) is 6.30. The van der Waals surface area contributed by atoms with E-state index in [0.29, 0.717) is 19.8 Å². The minimum Gasteiger partial charge on any atom is -0.381 e. The minimum absolute atomic E-state index is 0.145. The minimum atomic E-state index is -4.14. The molecule has 3 nitrogen and oxygen atoms in total. The van der Waals surface area contributed by atoms with Gasteiger partial charge >= 0.3 is 6.18 Å². The molecule has 0 unspecified atom stereocenters. The van der Waals surface area contributed by atoms with Crippen molar-refractivity contribution in [2.24, 2.45) is 0 Å². The number of ether oxygens (including phenoxy) is 2. The first-order chi connectivity index (χ1) is 7.08. The maximum Gasteiger partial charge on any atom is 0.401 e. The van der Waals surface area contributed by atoms with Crippen LogP contribution in [0.5, 0.6) is 0 Å². The standard InChI is InChI=1S/C9H16F3NO2/c10-9(11,12)7-13-3-6-15-8-1-4-14-5-2-8/h8,13H,1-7H2. The van der Waals surface area contributed by atoms with E-state index in [2.05, 4.69) is 5.32 Å². The number of hydrogen-bond acceptors (Lipinski definition) is 3. The van der Waals surface area contributed by atoms with E-state index in [0.717, 1.165) is 12.8 Å². The van der Waals surface area contributed by atoms with Crippen molar-refractivity contribution < 1.29 is 22.6 Å². The van der Waals surface area contributed by atoms with Crippen LogP contribution in [0, 0.1) is 0 Å². The predicted octanol–water partition coefficient (Wildman–Crippen LogP) is 1.33. The third kappa shape index (κ3) is 6.70. The summed E-state index contributed by atoms with van der Waals surface area (Å²) < 4.78 is 45.7. The average molecular weight is 227 g/mol. The van der Waals surface area contributed by atoms with Crippen LogP contribution >= 0.6 is 0 Å². The van der Waals surface area contributed by atoms with Crippen molar-refractivity contribution in [1.29, 1.82) is 0 Å². The zero-order valence-electron chi connectivity index (χ0n) is 8.48. The van der Waals surface area contributed by atoms with E-state index in [1.54, 1.807) is 0 Å². The zero-order valence-corrected chi connectivity index (χ0v) is 8.48. The number of alkyl halides is 3. The van der Waals surface area contributed by atoms with Crippen LogP contribution in [-0.2, 0) is 9.47 Å². The van der Waals surface area contributed by atoms with E-state index in [9.17, 15) is 13.2 Å². The number of rotatable bonds is 5. The largest absolute Gasteiger partial charge is 0.401 e. The molecular weight excluding hydrogens is 211 g/mol. The molecular formula is C9H16F3NO2. The molecule has 1 heterocycles. The normalized spacial score (nSPS) is 19.4. The molecule has 1 aliphatic rings. The van der Waals surface area contributed by atoms with Gasteiger partial charge in [-0.25, -0.2) is 0 Å². The summed E-state index contributed by atoms with van der Waals surface area (Å²) >= 11 is 0. The summed E-state index contributed by atoms with van der Waals surface area (Å²) in [6.45, 7) is 0.961. The van der Waals surface area contributed by atoms with Gasteiger partial charge in [0.05, 0.1) is 19.3 Å². The Morgan fingerprint density at radius 2 is 1.93 bits per heavy atom. The molecule has 1 rings (SSSR count). The van der Waals surface area contributed by atoms with Gasteiger partial charge in [-0.15, -0.1) is 0 Å². The van der Waals surface area contributed by atoms with Gasteiger partial charge in [-0.2, -0.15) is 13.2 Å². The fourth-order valence-electron chi connectivity index (χ4n) is 1.37. The van der Waals surface area contributed by atoms with E-state index in [-0.39, 0.29) is 12.6 Å². The second-order valence-electron chi connectivity index (χ2n) is 3.47. The molecule has 0 aliphatic carbocycles. The van der Waals surface area contributed by atoms with Crippen molar-refractivity contribution in [2.45, 2.75) is 25.1 Å². The second-order valence-corrected chi connectivity index (χ2v) is 3.47. The van der Waals surface area contributed by atoms with Gasteiger partial charge in [0, 0.05) is 19.8 Å². The topological polar surface area (TPSA) is 30.5 Å². The molecule has 0 aromatic heterocycles. The predicted molar refractivity (Wildman–Crippen MR) is 48.7 cm³/mol. The van der Waals surface area contributed by atoms with Crippen LogP contribution < -0.4 is 5.32 Å². The molecule has 0 atom stereocenters. The first-order valence-corrected chi connectivity index (χ1v) is 5.05. The van der Waals surface area contributed by atoms with Crippen molar-refractivity contribution in [3.05, 3.63) is 0 Å². The summed E-state index contributed by atoms with van der Waals surface area (Å²) in [5.41, 5.74) is 0. The summed E-state index contributed by atoms with van der Waals surface area (Å²) in [4.78, 5) is 0. The summed E-state index contributed by atoms with van der Waals surface area (Å²) in [5, 5.41) is 2.28. The molecule has 15 heavy (non-hydrogen) atoms. The van der Waals surface area contributed by atoms with Gasteiger partial charge < -0.3 is 14.8 Å². The molecule has 0 amide bonds. The van der Waals surface area contributed by atoms with Gasteiger partial charge in [0.2, 0.25) is 0 Å². The molecule has 0 aromatic carbocycles. The molecule has 90 valence electrons. The van der Waals surface area contributed by atoms with Crippen LogP contribution in [-0.4, -0.2) is 45.2 Å². The van der Waals surface area contributed by atoms with Crippen molar-refractivity contribution in [1.82, 2.24) is 5.32 Å². The smallest absolute Gasteiger partial charge is 0.381 e. The van der Waals surface area contributed by atoms with Crippen LogP contribution in [0.3, 0.4) is 0 Å². The summed E-state index contributed by atoms with van der Waals surface area (Å²) in [5.74, 6) is 0. The van der Waals surface area contributed by atoms with Crippen LogP contribution in [0.25, 0.3) is 0 Å². The van der Waals surface area contributed by atoms with Crippen molar-refractivity contribution in [3.63, 3.8) is 0 Å². The van der Waals surface area contributed by atoms with E-state index < -0.39 is 12.7 Å². The van der Waals surface area contributed by atoms with Gasteiger partial charge in [-0.05, 0) is 12.8 Å². The van der Waals surface area contributed by atoms with Crippen LogP contribution in [0.4, 0.5) is 13.2 Å². The molecule has 0 aromatic rings. The lowest BCUT2D eigenvalue weighted by atomic mass is 10.2. The summed E-state index contributed by atoms with van der Waals surface area (Å²) in [7, 11) is 0. The maximum atomic E-state index is 11.7. The van der Waals surface area contributed by atoms with E-state index in [1.165, 1.54) is 0 Å². The third-order valence-electron chi connectivity index (χ3n) is 2.13. The van der Waals surface area contributed by atoms with E-state index in [4.69, 9.17) is 9.47 Å². The summed E-state index contributed by atoms with van der Waals surface area (Å²) in [6.07, 6.45) is -2.33. The van der Waals surface area contributed by atoms with Gasteiger partial charge in [0.25, 0.3) is 0 Å². The number of halogens is 3. The highest BCUT2D eigenvalue weighted by Crippen LogP contribution is 2.12. The lowest BCUT2D eigenvalue weighted by Gasteiger charge is -2.22. The Bertz CT molecular complexity index is 169. The van der Waals surface area contributed by atoms with Crippen molar-refractivity contribution in [3.8, 4) is 0 Å². The molecule has 6 heteroatoms. The highest BCUT2D eigenvalue weighted by atomic mass is 19.4. The quantitative estimate of drug-likeness (QED) is 0.719. The van der Waals surface area contributed by atoms with Crippen LogP contribution in [0.2, 0.25) is 0 Å². The Morgan fingerprint density at radius 1 is 1.27 bits per heavy atom. The lowest BCUT2D eigenvalue weighted by molar-refractivity contribution is -0.125. The Morgan fingerprint density at radius 3 is 2.53 bits per heavy atom. The molecule has 0 bridgehead atoms. The SMILES string of the molecule is FC(F)(F)CNCCOC1CCOCC1. The molecule has 1 fully saturated rings. The fraction of sp³-hybridized carbons (Fsp3) is 1.00. The molecule has 1 N–H and O–H groups in total. The van der Waals surface area contributed by atoms with Crippen molar-refractivity contribution >= 4 is 0 Å². The molecule has 0 spiro atoms. The van der Waals surface area contributed by atoms with Gasteiger partial charge in [0.1, 0.15) is 0 Å². The van der Waals surface area contributed by atoms with E-state index in [1.807, 2.05) is 0 Å². The Hall–Kier alpha value is -0.330. The van der Waals surface area contributed by atoms with Crippen LogP contribution in [0.15, 0.2) is 0 Å². The van der Waals surface area contributed by atoms with Gasteiger partial charge in [-0.3, -0.25) is 0 Å². The van der Waals surface area contributed by atoms with Gasteiger partial charge in [0.15, 0.2) is 0 Å². The number of nitrogens with one attached hydrogen (secondary N) is 1. The highest BCUT2D eigenvalue weighted by Gasteiger charge is 2.26. The lowest BCUT2D eigenvalue weighted by Crippen LogP contribution is -2.33. The van der Waals surface area contributed by atoms with Gasteiger partial charge in [-0.1, -0.05) is 0 Å². The Labute approximate surface area is 86.9 Å². The first-order valence-electron chi connectivity index (χ1n) is 5.05. The molecule has 0 radical (unpaired) electrons. The molecule has 1 saturated heterocycles. The molecule has 0 saturated carbocycles. The van der Waals surface area contributed by atoms with E-state index >= 15 is 0 Å². The van der Waals surface area contributed by atoms with Crippen molar-refractivity contribution in [2.75, 3.05) is 32.9 Å². The first kappa shape index (κ1) is 12.7. The maximum absolute atomic E-state index is 11.7. The Kier molecular flexibility index (Phi) is 5.35. The molecule has 1 aliphatic heterocycles. The fourth-order valence-corrected chi connectivity index (χ4v) is 1.37. The third-order valence-corrected chi connectivity index (χ3v) is 2.13. The van der Waals surface area contributed by atoms with Crippen LogP contribution in [0.1, 0.15) is 12.8 Å². The average Bonchev–Trinajstić information content (AvgIpc) is 2.17. The summed E-state index contributed by atoms with van der Waals surface area (Å²) in [6, 6.07) is 0. The Balaban J connectivity index is 1.92. The monoisotopic (exact) mass is 227 g/mol. The zero-order chi connectivity index (χ0) is 11.1. The highest BCUT2D eigenvalue weighted by molar-refractivity contribution is 4.63. The number of hydrogen-bond donors (Lipinski definition) is 1.